The quantitative estimate of drug-likeness (QED) is 0.718. The van der Waals surface area contributed by atoms with Crippen molar-refractivity contribution in [2.24, 2.45) is 0 Å². The number of hydrogen-bond acceptors (Lipinski definition) is 5. The van der Waals surface area contributed by atoms with Gasteiger partial charge in [0.15, 0.2) is 0 Å². The highest BCUT2D eigenvalue weighted by atomic mass is 32.2. The summed E-state index contributed by atoms with van der Waals surface area (Å²) in [4.78, 5) is 12.7. The first-order chi connectivity index (χ1) is 12.6. The Kier molecular flexibility index (Phi) is 7.02. The number of carboxylic acids is 1. The summed E-state index contributed by atoms with van der Waals surface area (Å²) in [5.74, 6) is -0.923. The molecule has 1 aliphatic heterocycles. The van der Waals surface area contributed by atoms with Crippen molar-refractivity contribution in [3.8, 4) is 0 Å². The molecule has 8 heteroatoms. The third-order valence-corrected chi connectivity index (χ3v) is 7.06. The van der Waals surface area contributed by atoms with Gasteiger partial charge in [-0.3, -0.25) is 9.69 Å². The van der Waals surface area contributed by atoms with Gasteiger partial charge in [0.1, 0.15) is 0 Å². The van der Waals surface area contributed by atoms with Crippen LogP contribution < -0.4 is 0 Å². The lowest BCUT2D eigenvalue weighted by atomic mass is 9.82. The van der Waals surface area contributed by atoms with Crippen LogP contribution in [0.5, 0.6) is 0 Å². The van der Waals surface area contributed by atoms with Crippen LogP contribution in [0.25, 0.3) is 0 Å². The van der Waals surface area contributed by atoms with Gasteiger partial charge in [0, 0.05) is 19.6 Å². The summed E-state index contributed by atoms with van der Waals surface area (Å²) < 4.78 is 33.0. The minimum absolute atomic E-state index is 0.00107. The average Bonchev–Trinajstić information content (AvgIpc) is 2.61. The van der Waals surface area contributed by atoms with E-state index in [2.05, 4.69) is 20.8 Å². The predicted octanol–water partition coefficient (Wildman–Crippen LogP) is 1.78. The van der Waals surface area contributed by atoms with Crippen LogP contribution in [0, 0.1) is 0 Å². The third kappa shape index (κ3) is 5.51. The van der Waals surface area contributed by atoms with Gasteiger partial charge < -0.3 is 9.84 Å². The van der Waals surface area contributed by atoms with Gasteiger partial charge in [-0.2, -0.15) is 4.31 Å². The molecule has 1 unspecified atom stereocenters. The van der Waals surface area contributed by atoms with Gasteiger partial charge in [-0.1, -0.05) is 32.9 Å². The molecule has 2 rings (SSSR count). The molecule has 0 spiro atoms. The largest absolute Gasteiger partial charge is 0.480 e. The Balaban J connectivity index is 2.10. The van der Waals surface area contributed by atoms with E-state index in [1.165, 1.54) is 4.31 Å². The molecule has 1 heterocycles. The van der Waals surface area contributed by atoms with E-state index in [1.807, 2.05) is 12.1 Å². The molecule has 0 aliphatic carbocycles. The number of carbonyl (C=O) groups is 1. The number of aliphatic carboxylic acids is 1. The molecular weight excluding hydrogens is 368 g/mol. The zero-order valence-electron chi connectivity index (χ0n) is 16.5. The maximum Gasteiger partial charge on any atom is 0.317 e. The Morgan fingerprint density at radius 3 is 2.52 bits per heavy atom. The highest BCUT2D eigenvalue weighted by molar-refractivity contribution is 7.89. The van der Waals surface area contributed by atoms with E-state index in [1.54, 1.807) is 24.1 Å². The van der Waals surface area contributed by atoms with Gasteiger partial charge in [0.25, 0.3) is 0 Å². The number of benzene rings is 1. The van der Waals surface area contributed by atoms with Crippen LogP contribution >= 0.6 is 0 Å². The fraction of sp³-hybridized carbons (Fsp3) is 0.632. The maximum atomic E-state index is 13.0. The molecule has 152 valence electrons. The SMILES string of the molecule is CCC(C)(C)c1ccc(S(=O)(=O)N2CCOC(CN(C)CC(=O)O)C2)cc1. The summed E-state index contributed by atoms with van der Waals surface area (Å²) in [6.07, 6.45) is 0.616. The van der Waals surface area contributed by atoms with Gasteiger partial charge in [0.05, 0.1) is 24.2 Å². The van der Waals surface area contributed by atoms with Gasteiger partial charge >= 0.3 is 5.97 Å². The lowest BCUT2D eigenvalue weighted by Gasteiger charge is -2.34. The summed E-state index contributed by atoms with van der Waals surface area (Å²) in [6, 6.07) is 7.11. The topological polar surface area (TPSA) is 87.2 Å². The van der Waals surface area contributed by atoms with Crippen molar-refractivity contribution in [3.63, 3.8) is 0 Å². The molecule has 0 radical (unpaired) electrons. The van der Waals surface area contributed by atoms with Crippen molar-refractivity contribution in [2.75, 3.05) is 39.8 Å². The molecule has 1 fully saturated rings. The van der Waals surface area contributed by atoms with Crippen LogP contribution in [-0.4, -0.2) is 74.6 Å². The highest BCUT2D eigenvalue weighted by Crippen LogP contribution is 2.28. The Bertz CT molecular complexity index is 746. The first-order valence-electron chi connectivity index (χ1n) is 9.19. The highest BCUT2D eigenvalue weighted by Gasteiger charge is 2.31. The summed E-state index contributed by atoms with van der Waals surface area (Å²) in [5, 5.41) is 8.85. The second-order valence-corrected chi connectivity index (χ2v) is 9.65. The Labute approximate surface area is 162 Å². The molecule has 1 atom stereocenters. The van der Waals surface area contributed by atoms with E-state index < -0.39 is 16.0 Å². The number of hydrogen-bond donors (Lipinski definition) is 1. The molecule has 1 aliphatic rings. The summed E-state index contributed by atoms with van der Waals surface area (Å²) >= 11 is 0. The molecule has 0 saturated carbocycles. The van der Waals surface area contributed by atoms with E-state index in [0.717, 1.165) is 12.0 Å². The number of morpholine rings is 1. The number of ether oxygens (including phenoxy) is 1. The number of sulfonamides is 1. The maximum absolute atomic E-state index is 13.0. The Morgan fingerprint density at radius 2 is 1.96 bits per heavy atom. The minimum Gasteiger partial charge on any atom is -0.480 e. The van der Waals surface area contributed by atoms with Crippen molar-refractivity contribution >= 4 is 16.0 Å². The molecule has 1 saturated heterocycles. The van der Waals surface area contributed by atoms with Crippen molar-refractivity contribution in [1.29, 1.82) is 0 Å². The second kappa shape index (κ2) is 8.68. The normalized spacial score (nSPS) is 19.4. The van der Waals surface area contributed by atoms with Crippen LogP contribution in [-0.2, 0) is 25.0 Å². The molecule has 1 N–H and O–H groups in total. The van der Waals surface area contributed by atoms with Crippen molar-refractivity contribution < 1.29 is 23.1 Å². The van der Waals surface area contributed by atoms with Crippen molar-refractivity contribution in [1.82, 2.24) is 9.21 Å². The molecule has 0 amide bonds. The third-order valence-electron chi connectivity index (χ3n) is 5.18. The molecule has 0 bridgehead atoms. The van der Waals surface area contributed by atoms with E-state index in [9.17, 15) is 13.2 Å². The molecule has 0 aromatic heterocycles. The zero-order valence-corrected chi connectivity index (χ0v) is 17.3. The molecule has 27 heavy (non-hydrogen) atoms. The summed E-state index contributed by atoms with van der Waals surface area (Å²) in [6.45, 7) is 7.44. The smallest absolute Gasteiger partial charge is 0.317 e. The molecule has 7 nitrogen and oxygen atoms in total. The predicted molar refractivity (Wildman–Crippen MR) is 103 cm³/mol. The first kappa shape index (κ1) is 21.8. The van der Waals surface area contributed by atoms with Crippen LogP contribution in [0.4, 0.5) is 0 Å². The average molecular weight is 399 g/mol. The number of nitrogens with zero attached hydrogens (tertiary/aromatic N) is 2. The summed E-state index contributed by atoms with van der Waals surface area (Å²) in [5.41, 5.74) is 1.11. The van der Waals surface area contributed by atoms with E-state index in [4.69, 9.17) is 9.84 Å². The molecule has 1 aromatic rings. The van der Waals surface area contributed by atoms with Gasteiger partial charge in [-0.25, -0.2) is 8.42 Å². The van der Waals surface area contributed by atoms with E-state index >= 15 is 0 Å². The van der Waals surface area contributed by atoms with Gasteiger partial charge in [0.2, 0.25) is 10.0 Å². The molecule has 1 aromatic carbocycles. The van der Waals surface area contributed by atoms with Crippen LogP contribution in [0.1, 0.15) is 32.8 Å². The van der Waals surface area contributed by atoms with Crippen LogP contribution in [0.15, 0.2) is 29.2 Å². The van der Waals surface area contributed by atoms with Crippen molar-refractivity contribution in [3.05, 3.63) is 29.8 Å². The number of rotatable bonds is 8. The monoisotopic (exact) mass is 398 g/mol. The molecular formula is C19H30N2O5S. The van der Waals surface area contributed by atoms with Crippen LogP contribution in [0.3, 0.4) is 0 Å². The fourth-order valence-corrected chi connectivity index (χ4v) is 4.55. The lowest BCUT2D eigenvalue weighted by Crippen LogP contribution is -2.49. The standard InChI is InChI=1S/C19H30N2O5S/c1-5-19(2,3)15-6-8-17(9-7-15)27(24,25)21-10-11-26-16(13-21)12-20(4)14-18(22)23/h6-9,16H,5,10-14H2,1-4H3,(H,22,23). The van der Waals surface area contributed by atoms with E-state index in [-0.39, 0.29) is 29.5 Å². The fourth-order valence-electron chi connectivity index (χ4n) is 3.10. The number of likely N-dealkylation sites (N-methyl/N-ethyl adjacent to an activating group) is 1. The minimum atomic E-state index is -3.60. The Morgan fingerprint density at radius 1 is 1.33 bits per heavy atom. The first-order valence-corrected chi connectivity index (χ1v) is 10.6. The Hall–Kier alpha value is -1.48. The van der Waals surface area contributed by atoms with Gasteiger partial charge in [-0.15, -0.1) is 0 Å². The van der Waals surface area contributed by atoms with Crippen molar-refractivity contribution in [2.45, 2.75) is 43.6 Å². The number of carboxylic acid groups (broad SMARTS) is 1. The zero-order chi connectivity index (χ0) is 20.2. The summed E-state index contributed by atoms with van der Waals surface area (Å²) in [7, 11) is -1.92. The van der Waals surface area contributed by atoms with Gasteiger partial charge in [-0.05, 0) is 36.6 Å². The van der Waals surface area contributed by atoms with E-state index in [0.29, 0.717) is 19.7 Å². The second-order valence-electron chi connectivity index (χ2n) is 7.71. The van der Waals surface area contributed by atoms with Crippen LogP contribution in [0.2, 0.25) is 0 Å². The lowest BCUT2D eigenvalue weighted by molar-refractivity contribution is -0.138.